The van der Waals surface area contributed by atoms with Crippen LogP contribution < -0.4 is 4.90 Å². The van der Waals surface area contributed by atoms with Crippen molar-refractivity contribution in [3.8, 4) is 33.4 Å². The molecule has 1 heteroatoms. The molecule has 6 aromatic rings. The van der Waals surface area contributed by atoms with Crippen molar-refractivity contribution < 1.29 is 0 Å². The molecular weight excluding hydrogens is 639 g/mol. The smallest absolute Gasteiger partial charge is 0.0543 e. The highest BCUT2D eigenvalue weighted by Crippen LogP contribution is 2.57. The van der Waals surface area contributed by atoms with Gasteiger partial charge in [0.1, 0.15) is 0 Å². The summed E-state index contributed by atoms with van der Waals surface area (Å²) in [5.74, 6) is 3.17. The number of fused-ring (bicyclic) bond motifs is 5. The molecule has 6 aromatic carbocycles. The molecule has 3 fully saturated rings. The van der Waals surface area contributed by atoms with Crippen LogP contribution in [0.3, 0.4) is 0 Å². The summed E-state index contributed by atoms with van der Waals surface area (Å²) >= 11 is 0. The summed E-state index contributed by atoms with van der Waals surface area (Å²) in [4.78, 5) is 2.57. The molecule has 0 N–H and O–H groups in total. The SMILES string of the molecule is CC1(C)c2ccccc2-c2ccc(N(c3ccc(C4CC5CCC4C5)cc3)c3cccc(-c4ccccc4C4CCCCC4)c3)c(-c3ccccc3)c21. The van der Waals surface area contributed by atoms with Crippen LogP contribution in [-0.2, 0) is 5.41 Å². The molecule has 0 heterocycles. The Hall–Kier alpha value is -4.88. The summed E-state index contributed by atoms with van der Waals surface area (Å²) in [6, 6.07) is 53.5. The number of hydrogen-bond donors (Lipinski definition) is 0. The Balaban J connectivity index is 1.17. The van der Waals surface area contributed by atoms with E-state index in [4.69, 9.17) is 0 Å². The molecule has 0 saturated heterocycles. The molecule has 3 unspecified atom stereocenters. The van der Waals surface area contributed by atoms with Crippen molar-refractivity contribution in [3.63, 3.8) is 0 Å². The van der Waals surface area contributed by atoms with E-state index in [2.05, 4.69) is 158 Å². The van der Waals surface area contributed by atoms with Crippen LogP contribution in [0.2, 0.25) is 0 Å². The molecule has 0 spiro atoms. The van der Waals surface area contributed by atoms with E-state index in [9.17, 15) is 0 Å². The molecular formula is C52H51N. The minimum atomic E-state index is -0.148. The lowest BCUT2D eigenvalue weighted by Crippen LogP contribution is -2.19. The van der Waals surface area contributed by atoms with Crippen molar-refractivity contribution in [2.45, 2.75) is 88.9 Å². The molecule has 3 atom stereocenters. The van der Waals surface area contributed by atoms with Crippen molar-refractivity contribution in [2.75, 3.05) is 4.90 Å². The molecule has 0 radical (unpaired) electrons. The zero-order valence-electron chi connectivity index (χ0n) is 31.4. The van der Waals surface area contributed by atoms with E-state index in [0.717, 1.165) is 17.8 Å². The zero-order valence-corrected chi connectivity index (χ0v) is 31.4. The lowest BCUT2D eigenvalue weighted by molar-refractivity contribution is 0.420. The van der Waals surface area contributed by atoms with Crippen LogP contribution in [0.4, 0.5) is 17.1 Å². The lowest BCUT2D eigenvalue weighted by atomic mass is 9.78. The van der Waals surface area contributed by atoms with Crippen LogP contribution >= 0.6 is 0 Å². The van der Waals surface area contributed by atoms with E-state index in [0.29, 0.717) is 5.92 Å². The minimum Gasteiger partial charge on any atom is -0.310 e. The Labute approximate surface area is 316 Å². The molecule has 264 valence electrons. The van der Waals surface area contributed by atoms with Gasteiger partial charge in [0.15, 0.2) is 0 Å². The monoisotopic (exact) mass is 689 g/mol. The quantitative estimate of drug-likeness (QED) is 0.161. The van der Waals surface area contributed by atoms with Crippen molar-refractivity contribution >= 4 is 17.1 Å². The third-order valence-electron chi connectivity index (χ3n) is 13.7. The van der Waals surface area contributed by atoms with E-state index < -0.39 is 0 Å². The predicted molar refractivity (Wildman–Crippen MR) is 224 cm³/mol. The highest BCUT2D eigenvalue weighted by molar-refractivity contribution is 5.97. The molecule has 4 aliphatic carbocycles. The van der Waals surface area contributed by atoms with Crippen LogP contribution in [-0.4, -0.2) is 0 Å². The first kappa shape index (κ1) is 32.7. The van der Waals surface area contributed by atoms with E-state index in [1.165, 1.54) is 130 Å². The Morgan fingerprint density at radius 1 is 0.547 bits per heavy atom. The van der Waals surface area contributed by atoms with Gasteiger partial charge in [-0.1, -0.05) is 149 Å². The topological polar surface area (TPSA) is 3.24 Å². The van der Waals surface area contributed by atoms with Crippen molar-refractivity contribution in [1.29, 1.82) is 0 Å². The van der Waals surface area contributed by atoms with Crippen molar-refractivity contribution in [1.82, 2.24) is 0 Å². The van der Waals surface area contributed by atoms with Gasteiger partial charge < -0.3 is 4.90 Å². The summed E-state index contributed by atoms with van der Waals surface area (Å²) in [6.45, 7) is 4.84. The van der Waals surface area contributed by atoms with Gasteiger partial charge in [-0.05, 0) is 136 Å². The number of anilines is 3. The fourth-order valence-electron chi connectivity index (χ4n) is 11.2. The highest BCUT2D eigenvalue weighted by atomic mass is 15.1. The van der Waals surface area contributed by atoms with Crippen LogP contribution in [0.25, 0.3) is 33.4 Å². The average molecular weight is 690 g/mol. The average Bonchev–Trinajstić information content (AvgIpc) is 3.92. The van der Waals surface area contributed by atoms with Gasteiger partial charge in [-0.3, -0.25) is 0 Å². The van der Waals surface area contributed by atoms with Crippen LogP contribution in [0.15, 0.2) is 140 Å². The number of hydrogen-bond acceptors (Lipinski definition) is 1. The zero-order chi connectivity index (χ0) is 35.5. The van der Waals surface area contributed by atoms with Crippen molar-refractivity contribution in [3.05, 3.63) is 162 Å². The van der Waals surface area contributed by atoms with Crippen molar-refractivity contribution in [2.24, 2.45) is 11.8 Å². The highest BCUT2D eigenvalue weighted by Gasteiger charge is 2.41. The predicted octanol–water partition coefficient (Wildman–Crippen LogP) is 14.7. The Morgan fingerprint density at radius 3 is 2.06 bits per heavy atom. The summed E-state index contributed by atoms with van der Waals surface area (Å²) in [5.41, 5.74) is 17.4. The first-order chi connectivity index (χ1) is 26.0. The number of nitrogens with zero attached hydrogens (tertiary/aromatic N) is 1. The van der Waals surface area contributed by atoms with Gasteiger partial charge in [0.2, 0.25) is 0 Å². The maximum Gasteiger partial charge on any atom is 0.0543 e. The third-order valence-corrected chi connectivity index (χ3v) is 13.7. The van der Waals surface area contributed by atoms with E-state index in [1.54, 1.807) is 0 Å². The fraction of sp³-hybridized carbons (Fsp3) is 0.308. The normalized spacial score (nSPS) is 21.4. The van der Waals surface area contributed by atoms with Gasteiger partial charge in [-0.15, -0.1) is 0 Å². The molecule has 0 amide bonds. The molecule has 4 aliphatic rings. The van der Waals surface area contributed by atoms with E-state index >= 15 is 0 Å². The standard InChI is InChI=1S/C52H51N/c1-52(2)48-23-12-11-22-45(48)46-30-31-49(50(51(46)52)38-16-7-4-8-17-38)53(41-28-26-37(27-29-41)47-33-35-24-25-40(47)32-35)42-19-13-18-39(34-42)44-21-10-9-20-43(44)36-14-5-3-6-15-36/h4,7-13,16-23,26-31,34-36,40,47H,3,5-6,14-15,24-25,32-33H2,1-2H3. The fourth-order valence-corrected chi connectivity index (χ4v) is 11.2. The van der Waals surface area contributed by atoms with Crippen LogP contribution in [0.5, 0.6) is 0 Å². The lowest BCUT2D eigenvalue weighted by Gasteiger charge is -2.33. The molecule has 10 rings (SSSR count). The molecule has 0 aliphatic heterocycles. The molecule has 2 bridgehead atoms. The first-order valence-corrected chi connectivity index (χ1v) is 20.5. The Morgan fingerprint density at radius 2 is 1.28 bits per heavy atom. The second-order valence-electron chi connectivity index (χ2n) is 17.1. The molecule has 53 heavy (non-hydrogen) atoms. The number of rotatable bonds is 7. The van der Waals surface area contributed by atoms with Gasteiger partial charge >= 0.3 is 0 Å². The van der Waals surface area contributed by atoms with Gasteiger partial charge in [0.05, 0.1) is 5.69 Å². The first-order valence-electron chi connectivity index (χ1n) is 20.5. The van der Waals surface area contributed by atoms with Crippen LogP contribution in [0, 0.1) is 11.8 Å². The molecule has 0 aromatic heterocycles. The minimum absolute atomic E-state index is 0.148. The molecule has 3 saturated carbocycles. The maximum absolute atomic E-state index is 2.57. The van der Waals surface area contributed by atoms with E-state index in [1.807, 2.05) is 0 Å². The number of benzene rings is 6. The Bertz CT molecular complexity index is 2270. The van der Waals surface area contributed by atoms with E-state index in [-0.39, 0.29) is 5.41 Å². The molecule has 1 nitrogen and oxygen atoms in total. The van der Waals surface area contributed by atoms with Crippen LogP contribution in [0.1, 0.15) is 106 Å². The summed E-state index contributed by atoms with van der Waals surface area (Å²) in [6.07, 6.45) is 12.3. The van der Waals surface area contributed by atoms with Gasteiger partial charge in [-0.25, -0.2) is 0 Å². The van der Waals surface area contributed by atoms with Gasteiger partial charge in [0.25, 0.3) is 0 Å². The summed E-state index contributed by atoms with van der Waals surface area (Å²) in [5, 5.41) is 0. The third kappa shape index (κ3) is 5.58. The largest absolute Gasteiger partial charge is 0.310 e. The summed E-state index contributed by atoms with van der Waals surface area (Å²) in [7, 11) is 0. The second kappa shape index (κ2) is 13.2. The second-order valence-corrected chi connectivity index (χ2v) is 17.1. The van der Waals surface area contributed by atoms with Gasteiger partial charge in [-0.2, -0.15) is 0 Å². The maximum atomic E-state index is 2.57. The van der Waals surface area contributed by atoms with Gasteiger partial charge in [0, 0.05) is 22.4 Å². The Kier molecular flexibility index (Phi) is 8.16. The summed E-state index contributed by atoms with van der Waals surface area (Å²) < 4.78 is 0.